The van der Waals surface area contributed by atoms with Crippen LogP contribution < -0.4 is 5.32 Å². The van der Waals surface area contributed by atoms with E-state index in [0.717, 1.165) is 11.1 Å². The Hall–Kier alpha value is -3.38. The lowest BCUT2D eigenvalue weighted by Gasteiger charge is -2.21. The first-order chi connectivity index (χ1) is 17.6. The fraction of sp³-hybridized carbons (Fsp3) is 0.333. The number of nitrogens with one attached hydrogen (secondary N) is 1. The lowest BCUT2D eigenvalue weighted by Crippen LogP contribution is -2.27. The zero-order valence-electron chi connectivity index (χ0n) is 21.9. The number of aliphatic hydroxyl groups is 1. The maximum absolute atomic E-state index is 14.6. The van der Waals surface area contributed by atoms with Crippen molar-refractivity contribution in [2.45, 2.75) is 56.4 Å². The third-order valence-corrected chi connectivity index (χ3v) is 7.40. The molecule has 2 unspecified atom stereocenters. The molecule has 2 atom stereocenters. The van der Waals surface area contributed by atoms with Gasteiger partial charge in [-0.3, -0.25) is 9.19 Å². The van der Waals surface area contributed by atoms with Crippen molar-refractivity contribution in [1.29, 1.82) is 0 Å². The van der Waals surface area contributed by atoms with E-state index in [0.29, 0.717) is 34.9 Å². The van der Waals surface area contributed by atoms with E-state index in [-0.39, 0.29) is 29.5 Å². The summed E-state index contributed by atoms with van der Waals surface area (Å²) in [5.74, 6) is -0.255. The number of rotatable bonds is 9. The molecule has 2 aromatic carbocycles. The zero-order valence-corrected chi connectivity index (χ0v) is 22.8. The van der Waals surface area contributed by atoms with Crippen LogP contribution in [0.15, 0.2) is 58.0 Å². The van der Waals surface area contributed by atoms with Crippen LogP contribution in [0.1, 0.15) is 39.9 Å². The first-order valence-corrected chi connectivity index (χ1v) is 13.1. The van der Waals surface area contributed by atoms with E-state index < -0.39 is 22.2 Å². The molecule has 0 aliphatic carbocycles. The average Bonchev–Trinajstić information content (AvgIpc) is 3.33. The van der Waals surface area contributed by atoms with Gasteiger partial charge in [-0.2, -0.15) is 0 Å². The molecule has 0 fully saturated rings. The van der Waals surface area contributed by atoms with Gasteiger partial charge in [0, 0.05) is 23.7 Å². The van der Waals surface area contributed by atoms with E-state index in [4.69, 9.17) is 4.42 Å². The van der Waals surface area contributed by atoms with Gasteiger partial charge >= 0.3 is 0 Å². The van der Waals surface area contributed by atoms with Gasteiger partial charge in [-0.15, -0.1) is 10.2 Å². The van der Waals surface area contributed by atoms with Crippen LogP contribution >= 0.6 is 0 Å². The topological polar surface area (TPSA) is 146 Å². The number of aryl methyl sites for hydroxylation is 1. The van der Waals surface area contributed by atoms with Crippen molar-refractivity contribution in [2.75, 3.05) is 7.05 Å². The van der Waals surface area contributed by atoms with E-state index >= 15 is 0 Å². The van der Waals surface area contributed by atoms with Gasteiger partial charge < -0.3 is 20.3 Å². The van der Waals surface area contributed by atoms with Gasteiger partial charge in [0.2, 0.25) is 0 Å². The summed E-state index contributed by atoms with van der Waals surface area (Å²) >= 11 is 0. The zero-order chi connectivity index (χ0) is 26.7. The van der Waals surface area contributed by atoms with Crippen LogP contribution in [-0.2, 0) is 17.3 Å². The number of aromatic nitrogens is 4. The standard InChI is InChI=1S/C27H30FN5O3S.H2O.H2/c1-16(13-27(3,4)34)37(35)20-9-7-19(8-10-20)23-15-30-17(2)24(31-23)26-33-32-25(36-26)21-11-6-18(14-29-5)12-22(21)28;;/h6-12,15-16,29,34H,13-14H2,1-5H3;1H2;1H. The quantitative estimate of drug-likeness (QED) is 0.321. The maximum Gasteiger partial charge on any atom is 0.268 e. The summed E-state index contributed by atoms with van der Waals surface area (Å²) in [5.41, 5.74) is 2.46. The molecular weight excluding hydrogens is 509 g/mol. The van der Waals surface area contributed by atoms with Gasteiger partial charge in [0.15, 0.2) is 0 Å². The van der Waals surface area contributed by atoms with Crippen molar-refractivity contribution < 1.29 is 25.0 Å². The number of hydrogen-bond donors (Lipinski definition) is 2. The molecule has 4 aromatic rings. The van der Waals surface area contributed by atoms with Gasteiger partial charge in [-0.05, 0) is 64.1 Å². The Morgan fingerprint density at radius 2 is 1.84 bits per heavy atom. The summed E-state index contributed by atoms with van der Waals surface area (Å²) in [7, 11) is 0.534. The summed E-state index contributed by atoms with van der Waals surface area (Å²) in [5, 5.41) is 20.9. The Kier molecular flexibility index (Phi) is 9.21. The highest BCUT2D eigenvalue weighted by Gasteiger charge is 2.23. The largest absolute Gasteiger partial charge is 0.414 e. The Morgan fingerprint density at radius 1 is 1.16 bits per heavy atom. The predicted octanol–water partition coefficient (Wildman–Crippen LogP) is 4.11. The van der Waals surface area contributed by atoms with Crippen molar-refractivity contribution in [3.8, 4) is 34.3 Å². The van der Waals surface area contributed by atoms with Crippen LogP contribution in [0.4, 0.5) is 4.39 Å². The SMILES string of the molecule is CNCc1ccc(-c2nnc(-c3nc(-c4ccc(S(=O)C(C)CC(C)(C)O)cc4)cnc3C)o2)c(F)c1.O.[HH]. The number of nitrogens with zero attached hydrogens (tertiary/aromatic N) is 4. The smallest absolute Gasteiger partial charge is 0.268 e. The lowest BCUT2D eigenvalue weighted by atomic mass is 10.0. The average molecular weight is 544 g/mol. The highest BCUT2D eigenvalue weighted by atomic mass is 32.2. The fourth-order valence-electron chi connectivity index (χ4n) is 4.04. The molecular formula is C27H34FN5O4S. The Labute approximate surface area is 224 Å². The molecule has 0 spiro atoms. The fourth-order valence-corrected chi connectivity index (χ4v) is 5.46. The highest BCUT2D eigenvalue weighted by molar-refractivity contribution is 7.85. The number of halogens is 1. The summed E-state index contributed by atoms with van der Waals surface area (Å²) in [6.45, 7) is 7.60. The van der Waals surface area contributed by atoms with Crippen molar-refractivity contribution >= 4 is 10.8 Å². The monoisotopic (exact) mass is 543 g/mol. The Bertz CT molecular complexity index is 1430. The van der Waals surface area contributed by atoms with Gasteiger partial charge in [0.1, 0.15) is 11.5 Å². The van der Waals surface area contributed by atoms with Gasteiger partial charge in [-0.25, -0.2) is 9.37 Å². The molecule has 0 amide bonds. The second-order valence-electron chi connectivity index (χ2n) is 9.60. The molecule has 2 aromatic heterocycles. The van der Waals surface area contributed by atoms with Gasteiger partial charge in [0.05, 0.1) is 39.5 Å². The van der Waals surface area contributed by atoms with E-state index in [1.54, 1.807) is 58.3 Å². The van der Waals surface area contributed by atoms with E-state index in [1.807, 2.05) is 19.1 Å². The summed E-state index contributed by atoms with van der Waals surface area (Å²) in [4.78, 5) is 9.77. The second-order valence-corrected chi connectivity index (χ2v) is 11.5. The summed E-state index contributed by atoms with van der Waals surface area (Å²) < 4.78 is 33.3. The Morgan fingerprint density at radius 3 is 2.47 bits per heavy atom. The maximum atomic E-state index is 14.6. The van der Waals surface area contributed by atoms with Crippen molar-refractivity contribution in [1.82, 2.24) is 25.5 Å². The minimum atomic E-state index is -1.26. The van der Waals surface area contributed by atoms with Crippen LogP contribution in [0.2, 0.25) is 0 Å². The summed E-state index contributed by atoms with van der Waals surface area (Å²) in [6.07, 6.45) is 2.06. The molecule has 4 rings (SSSR count). The third-order valence-electron chi connectivity index (χ3n) is 5.76. The molecule has 0 radical (unpaired) electrons. The molecule has 4 N–H and O–H groups in total. The molecule has 11 heteroatoms. The van der Waals surface area contributed by atoms with Crippen LogP contribution in [0.5, 0.6) is 0 Å². The third kappa shape index (κ3) is 6.73. The minimum Gasteiger partial charge on any atom is -0.414 e. The normalized spacial score (nSPS) is 13.1. The minimum absolute atomic E-state index is 0. The van der Waals surface area contributed by atoms with Crippen LogP contribution in [0, 0.1) is 12.7 Å². The molecule has 0 saturated carbocycles. The molecule has 0 saturated heterocycles. The van der Waals surface area contributed by atoms with Crippen LogP contribution in [0.25, 0.3) is 34.3 Å². The van der Waals surface area contributed by atoms with E-state index in [2.05, 4.69) is 25.5 Å². The van der Waals surface area contributed by atoms with E-state index in [9.17, 15) is 13.7 Å². The molecule has 0 bridgehead atoms. The number of hydrogen-bond acceptors (Lipinski definition) is 8. The molecule has 38 heavy (non-hydrogen) atoms. The van der Waals surface area contributed by atoms with Gasteiger partial charge in [0.25, 0.3) is 11.8 Å². The predicted molar refractivity (Wildman–Crippen MR) is 146 cm³/mol. The second kappa shape index (κ2) is 12.0. The molecule has 0 aliphatic heterocycles. The first kappa shape index (κ1) is 29.2. The van der Waals surface area contributed by atoms with Crippen molar-refractivity contribution in [3.63, 3.8) is 0 Å². The highest BCUT2D eigenvalue weighted by Crippen LogP contribution is 2.29. The Balaban J connectivity index is 0.00000267. The summed E-state index contributed by atoms with van der Waals surface area (Å²) in [6, 6.07) is 12.1. The molecule has 9 nitrogen and oxygen atoms in total. The van der Waals surface area contributed by atoms with Crippen LogP contribution in [0.3, 0.4) is 0 Å². The number of benzene rings is 2. The lowest BCUT2D eigenvalue weighted by molar-refractivity contribution is 0.0715. The van der Waals surface area contributed by atoms with Crippen molar-refractivity contribution in [2.24, 2.45) is 0 Å². The van der Waals surface area contributed by atoms with Crippen molar-refractivity contribution in [3.05, 3.63) is 65.7 Å². The van der Waals surface area contributed by atoms with Crippen LogP contribution in [-0.4, -0.2) is 52.9 Å². The van der Waals surface area contributed by atoms with E-state index in [1.165, 1.54) is 6.07 Å². The molecule has 0 aliphatic rings. The first-order valence-electron chi connectivity index (χ1n) is 11.9. The molecule has 204 valence electrons. The molecule has 2 heterocycles. The van der Waals surface area contributed by atoms with Gasteiger partial charge in [-0.1, -0.05) is 25.1 Å².